The second-order valence-electron chi connectivity index (χ2n) is 8.44. The van der Waals surface area contributed by atoms with Crippen LogP contribution in [-0.4, -0.2) is 46.4 Å². The van der Waals surface area contributed by atoms with Gasteiger partial charge in [-0.2, -0.15) is 0 Å². The van der Waals surface area contributed by atoms with Crippen molar-refractivity contribution in [2.45, 2.75) is 32.2 Å². The number of carbonyl (C=O) groups is 2. The number of aromatic nitrogens is 2. The first-order valence-corrected chi connectivity index (χ1v) is 12.1. The van der Waals surface area contributed by atoms with Crippen molar-refractivity contribution in [1.29, 1.82) is 0 Å². The Bertz CT molecular complexity index is 1240. The minimum absolute atomic E-state index is 0.0171. The van der Waals surface area contributed by atoms with Crippen molar-refractivity contribution in [2.75, 3.05) is 19.0 Å². The largest absolute Gasteiger partial charge is 0.469 e. The number of pyridine rings is 1. The second-order valence-corrected chi connectivity index (χ2v) is 9.74. The summed E-state index contributed by atoms with van der Waals surface area (Å²) in [5.74, 6) is -1.97. The molecule has 2 atom stereocenters. The van der Waals surface area contributed by atoms with E-state index in [4.69, 9.17) is 16.3 Å². The van der Waals surface area contributed by atoms with E-state index in [2.05, 4.69) is 15.3 Å². The number of hydrogen-bond donors (Lipinski definition) is 1. The van der Waals surface area contributed by atoms with Gasteiger partial charge in [0.25, 0.3) is 5.91 Å². The summed E-state index contributed by atoms with van der Waals surface area (Å²) in [6, 6.07) is 6.58. The van der Waals surface area contributed by atoms with Crippen molar-refractivity contribution in [3.05, 3.63) is 69.8 Å². The molecule has 7 nitrogen and oxygen atoms in total. The SMILES string of the molecule is COC(=O)C1(Cc2nc(Nc3nccs3)ccc2F)CCN(C(=O)c2cccc(Cl)c2F)C(C)C1. The molecule has 0 saturated carbocycles. The van der Waals surface area contributed by atoms with E-state index in [0.29, 0.717) is 10.9 Å². The van der Waals surface area contributed by atoms with Gasteiger partial charge in [0.05, 0.1) is 28.8 Å². The molecule has 2 unspecified atom stereocenters. The molecule has 0 aliphatic carbocycles. The number of thiazole rings is 1. The minimum atomic E-state index is -1.11. The molecule has 1 fully saturated rings. The fourth-order valence-electron chi connectivity index (χ4n) is 4.49. The Morgan fingerprint density at radius 2 is 2.11 bits per heavy atom. The number of anilines is 2. The van der Waals surface area contributed by atoms with Gasteiger partial charge in [-0.25, -0.2) is 18.7 Å². The van der Waals surface area contributed by atoms with Gasteiger partial charge in [0, 0.05) is 30.6 Å². The van der Waals surface area contributed by atoms with Gasteiger partial charge in [-0.15, -0.1) is 11.3 Å². The van der Waals surface area contributed by atoms with E-state index in [1.54, 1.807) is 18.5 Å². The Hall–Kier alpha value is -3.11. The summed E-state index contributed by atoms with van der Waals surface area (Å²) in [7, 11) is 1.28. The molecular formula is C24H23ClF2N4O3S. The predicted molar refractivity (Wildman–Crippen MR) is 129 cm³/mol. The standard InChI is InChI=1S/C24H23ClF2N4O3S/c1-14-12-24(22(33)34-2,8-10-31(14)21(32)15-4-3-5-16(25)20(15)27)13-18-17(26)6-7-19(29-18)30-23-28-9-11-35-23/h3-7,9,11,14H,8,10,12-13H2,1-2H3,(H,28,29,30). The number of likely N-dealkylation sites (tertiary alicyclic amines) is 1. The van der Waals surface area contributed by atoms with Gasteiger partial charge in [0.15, 0.2) is 10.9 Å². The molecule has 1 aliphatic heterocycles. The molecule has 4 rings (SSSR count). The number of nitrogens with one attached hydrogen (secondary N) is 1. The van der Waals surface area contributed by atoms with Crippen molar-refractivity contribution in [3.8, 4) is 0 Å². The number of nitrogens with zero attached hydrogens (tertiary/aromatic N) is 3. The third-order valence-electron chi connectivity index (χ3n) is 6.20. The lowest BCUT2D eigenvalue weighted by Crippen LogP contribution is -2.52. The number of amides is 1. The molecule has 1 amide bonds. The van der Waals surface area contributed by atoms with Crippen molar-refractivity contribution < 1.29 is 23.1 Å². The monoisotopic (exact) mass is 520 g/mol. The second kappa shape index (κ2) is 10.2. The van der Waals surface area contributed by atoms with E-state index in [0.717, 1.165) is 0 Å². The molecule has 35 heavy (non-hydrogen) atoms. The molecular weight excluding hydrogens is 498 g/mol. The lowest BCUT2D eigenvalue weighted by atomic mass is 9.72. The summed E-state index contributed by atoms with van der Waals surface area (Å²) >= 11 is 7.22. The third kappa shape index (κ3) is 5.13. The minimum Gasteiger partial charge on any atom is -0.469 e. The van der Waals surface area contributed by atoms with Gasteiger partial charge in [-0.1, -0.05) is 17.7 Å². The third-order valence-corrected chi connectivity index (χ3v) is 7.18. The molecule has 184 valence electrons. The smallest absolute Gasteiger partial charge is 0.312 e. The maximum atomic E-state index is 14.8. The summed E-state index contributed by atoms with van der Waals surface area (Å²) in [5, 5.41) is 5.28. The van der Waals surface area contributed by atoms with E-state index in [1.165, 1.54) is 53.7 Å². The lowest BCUT2D eigenvalue weighted by molar-refractivity contribution is -0.156. The first kappa shape index (κ1) is 25.0. The summed E-state index contributed by atoms with van der Waals surface area (Å²) in [5.41, 5.74) is -1.14. The molecule has 0 spiro atoms. The van der Waals surface area contributed by atoms with E-state index in [-0.39, 0.29) is 42.1 Å². The van der Waals surface area contributed by atoms with Crippen LogP contribution in [-0.2, 0) is 16.0 Å². The van der Waals surface area contributed by atoms with Crippen LogP contribution in [0.25, 0.3) is 0 Å². The van der Waals surface area contributed by atoms with Gasteiger partial charge in [-0.05, 0) is 44.0 Å². The summed E-state index contributed by atoms with van der Waals surface area (Å²) < 4.78 is 34.3. The van der Waals surface area contributed by atoms with Crippen LogP contribution < -0.4 is 5.32 Å². The van der Waals surface area contributed by atoms with Crippen LogP contribution in [0.1, 0.15) is 35.8 Å². The van der Waals surface area contributed by atoms with Crippen LogP contribution in [0.15, 0.2) is 41.9 Å². The Morgan fingerprint density at radius 3 is 2.80 bits per heavy atom. The molecule has 1 N–H and O–H groups in total. The summed E-state index contributed by atoms with van der Waals surface area (Å²) in [4.78, 5) is 36.0. The number of piperidine rings is 1. The highest BCUT2D eigenvalue weighted by molar-refractivity contribution is 7.13. The molecule has 2 aromatic heterocycles. The molecule has 1 saturated heterocycles. The Kier molecular flexibility index (Phi) is 7.32. The van der Waals surface area contributed by atoms with Gasteiger partial charge < -0.3 is 15.0 Å². The van der Waals surface area contributed by atoms with Crippen LogP contribution in [0.5, 0.6) is 0 Å². The molecule has 1 aromatic carbocycles. The van der Waals surface area contributed by atoms with Crippen molar-refractivity contribution in [1.82, 2.24) is 14.9 Å². The van der Waals surface area contributed by atoms with Gasteiger partial charge >= 0.3 is 5.97 Å². The number of benzene rings is 1. The average Bonchev–Trinajstić information content (AvgIpc) is 3.35. The number of methoxy groups -OCH3 is 1. The highest BCUT2D eigenvalue weighted by Crippen LogP contribution is 2.40. The van der Waals surface area contributed by atoms with Crippen LogP contribution >= 0.6 is 22.9 Å². The first-order chi connectivity index (χ1) is 16.7. The average molecular weight is 521 g/mol. The van der Waals surface area contributed by atoms with Crippen LogP contribution in [0, 0.1) is 17.0 Å². The maximum absolute atomic E-state index is 14.8. The van der Waals surface area contributed by atoms with E-state index < -0.39 is 35.0 Å². The van der Waals surface area contributed by atoms with Crippen LogP contribution in [0.4, 0.5) is 19.7 Å². The van der Waals surface area contributed by atoms with E-state index >= 15 is 0 Å². The van der Waals surface area contributed by atoms with Crippen molar-refractivity contribution >= 4 is 45.8 Å². The highest BCUT2D eigenvalue weighted by atomic mass is 35.5. The van der Waals surface area contributed by atoms with Gasteiger partial charge in [-0.3, -0.25) is 9.59 Å². The number of carbonyl (C=O) groups excluding carboxylic acids is 2. The normalized spacial score (nSPS) is 19.9. The first-order valence-electron chi connectivity index (χ1n) is 10.9. The summed E-state index contributed by atoms with van der Waals surface area (Å²) in [6.07, 6.45) is 2.01. The molecule has 3 heterocycles. The van der Waals surface area contributed by atoms with Crippen LogP contribution in [0.3, 0.4) is 0 Å². The maximum Gasteiger partial charge on any atom is 0.312 e. The topological polar surface area (TPSA) is 84.4 Å². The fraction of sp³-hybridized carbons (Fsp3) is 0.333. The van der Waals surface area contributed by atoms with Crippen LogP contribution in [0.2, 0.25) is 5.02 Å². The highest BCUT2D eigenvalue weighted by Gasteiger charge is 2.47. The molecule has 0 bridgehead atoms. The summed E-state index contributed by atoms with van der Waals surface area (Å²) in [6.45, 7) is 1.92. The quantitative estimate of drug-likeness (QED) is 0.447. The van der Waals surface area contributed by atoms with E-state index in [9.17, 15) is 18.4 Å². The number of rotatable bonds is 6. The Balaban J connectivity index is 1.58. The van der Waals surface area contributed by atoms with Gasteiger partial charge in [0.1, 0.15) is 11.6 Å². The lowest BCUT2D eigenvalue weighted by Gasteiger charge is -2.44. The van der Waals surface area contributed by atoms with Crippen molar-refractivity contribution in [3.63, 3.8) is 0 Å². The zero-order valence-electron chi connectivity index (χ0n) is 19.1. The Morgan fingerprint density at radius 1 is 1.31 bits per heavy atom. The predicted octanol–water partition coefficient (Wildman–Crippen LogP) is 5.24. The van der Waals surface area contributed by atoms with Crippen molar-refractivity contribution in [2.24, 2.45) is 5.41 Å². The molecule has 11 heteroatoms. The molecule has 1 aliphatic rings. The van der Waals surface area contributed by atoms with E-state index in [1.807, 2.05) is 0 Å². The zero-order chi connectivity index (χ0) is 25.2. The Labute approximate surface area is 210 Å². The molecule has 0 radical (unpaired) electrons. The van der Waals surface area contributed by atoms with Gasteiger partial charge in [0.2, 0.25) is 0 Å². The zero-order valence-corrected chi connectivity index (χ0v) is 20.6. The number of ether oxygens (including phenoxy) is 1. The number of hydrogen-bond acceptors (Lipinski definition) is 7. The fourth-order valence-corrected chi connectivity index (χ4v) is 5.20. The number of halogens is 3. The number of esters is 1. The molecule has 3 aromatic rings.